The lowest BCUT2D eigenvalue weighted by molar-refractivity contribution is -0.137. The third-order valence-electron chi connectivity index (χ3n) is 6.53. The number of halogens is 2. The van der Waals surface area contributed by atoms with Crippen LogP contribution in [0.15, 0.2) is 42.5 Å². The molecule has 3 aromatic rings. The fourth-order valence-electron chi connectivity index (χ4n) is 5.38. The number of nitrogens with zero attached hydrogens (tertiary/aromatic N) is 2. The van der Waals surface area contributed by atoms with Gasteiger partial charge in [0.25, 0.3) is 0 Å². The number of carbonyl (C=O) groups is 1. The standard InChI is InChI=1S/C27H33F2N3O4/c1-17-13-19(16-27(2,3)15-17)32-23-11-10-21(35-12-4-5-24(33)34)14-22(23)31-26(32)30-18-6-8-20(9-7-18)36-25(28)29/h6-11,14,17,19,25H,4-5,12-13,15-16H2,1-3H3,(H,30,31)(H,33,34)/t17-,19+/m1/s1. The van der Waals surface area contributed by atoms with Gasteiger partial charge in [0.2, 0.25) is 5.95 Å². The van der Waals surface area contributed by atoms with Gasteiger partial charge in [0.05, 0.1) is 17.6 Å². The number of anilines is 2. The molecule has 194 valence electrons. The summed E-state index contributed by atoms with van der Waals surface area (Å²) in [5.74, 6) is 1.12. The molecular formula is C27H33F2N3O4. The number of aliphatic carboxylic acids is 1. The van der Waals surface area contributed by atoms with Crippen molar-refractivity contribution >= 4 is 28.6 Å². The Labute approximate surface area is 209 Å². The topological polar surface area (TPSA) is 85.6 Å². The molecule has 0 unspecified atom stereocenters. The third kappa shape index (κ3) is 6.44. The molecule has 0 saturated heterocycles. The summed E-state index contributed by atoms with van der Waals surface area (Å²) in [6.07, 6.45) is 3.68. The highest BCUT2D eigenvalue weighted by atomic mass is 19.3. The minimum Gasteiger partial charge on any atom is -0.494 e. The van der Waals surface area contributed by atoms with E-state index < -0.39 is 12.6 Å². The molecule has 0 radical (unpaired) electrons. The maximum atomic E-state index is 12.5. The second-order valence-electron chi connectivity index (χ2n) is 10.4. The molecule has 0 spiro atoms. The van der Waals surface area contributed by atoms with Crippen LogP contribution in [-0.4, -0.2) is 33.8 Å². The number of hydrogen-bond acceptors (Lipinski definition) is 5. The van der Waals surface area contributed by atoms with E-state index in [0.29, 0.717) is 36.3 Å². The van der Waals surface area contributed by atoms with Crippen LogP contribution in [0.2, 0.25) is 0 Å². The molecule has 2 N–H and O–H groups in total. The number of nitrogens with one attached hydrogen (secondary N) is 1. The van der Waals surface area contributed by atoms with Gasteiger partial charge in [0.1, 0.15) is 11.5 Å². The SMILES string of the molecule is C[C@@H]1C[C@H](n2c(Nc3ccc(OC(F)F)cc3)nc3cc(OCCCC(=O)O)ccc32)CC(C)(C)C1. The van der Waals surface area contributed by atoms with Crippen LogP contribution in [0.5, 0.6) is 11.5 Å². The zero-order chi connectivity index (χ0) is 25.9. The van der Waals surface area contributed by atoms with E-state index in [2.05, 4.69) is 35.4 Å². The van der Waals surface area contributed by atoms with Crippen molar-refractivity contribution in [2.24, 2.45) is 11.3 Å². The molecule has 0 amide bonds. The Balaban J connectivity index is 1.64. The summed E-state index contributed by atoms with van der Waals surface area (Å²) >= 11 is 0. The lowest BCUT2D eigenvalue weighted by Gasteiger charge is -2.40. The molecule has 0 aliphatic heterocycles. The molecule has 0 bridgehead atoms. The van der Waals surface area contributed by atoms with Gasteiger partial charge < -0.3 is 24.5 Å². The Bertz CT molecular complexity index is 1190. The highest BCUT2D eigenvalue weighted by Crippen LogP contribution is 2.46. The zero-order valence-electron chi connectivity index (χ0n) is 20.8. The van der Waals surface area contributed by atoms with Crippen molar-refractivity contribution < 1.29 is 28.2 Å². The van der Waals surface area contributed by atoms with Gasteiger partial charge in [-0.25, -0.2) is 4.98 Å². The predicted octanol–water partition coefficient (Wildman–Crippen LogP) is 7.01. The number of ether oxygens (including phenoxy) is 2. The smallest absolute Gasteiger partial charge is 0.387 e. The molecule has 1 heterocycles. The van der Waals surface area contributed by atoms with Crippen molar-refractivity contribution in [3.63, 3.8) is 0 Å². The molecule has 1 aromatic heterocycles. The molecule has 36 heavy (non-hydrogen) atoms. The van der Waals surface area contributed by atoms with Crippen molar-refractivity contribution in [3.8, 4) is 11.5 Å². The van der Waals surface area contributed by atoms with Crippen LogP contribution >= 0.6 is 0 Å². The van der Waals surface area contributed by atoms with E-state index in [9.17, 15) is 13.6 Å². The van der Waals surface area contributed by atoms with E-state index in [1.165, 1.54) is 18.6 Å². The third-order valence-corrected chi connectivity index (χ3v) is 6.53. The maximum absolute atomic E-state index is 12.5. The number of benzene rings is 2. The lowest BCUT2D eigenvalue weighted by Crippen LogP contribution is -2.29. The van der Waals surface area contributed by atoms with Crippen molar-refractivity contribution in [3.05, 3.63) is 42.5 Å². The van der Waals surface area contributed by atoms with E-state index in [0.717, 1.165) is 23.9 Å². The summed E-state index contributed by atoms with van der Waals surface area (Å²) in [7, 11) is 0. The van der Waals surface area contributed by atoms with E-state index in [1.807, 2.05) is 18.2 Å². The van der Waals surface area contributed by atoms with Gasteiger partial charge in [-0.15, -0.1) is 0 Å². The Hall–Kier alpha value is -3.36. The summed E-state index contributed by atoms with van der Waals surface area (Å²) in [6.45, 7) is 4.32. The molecule has 1 fully saturated rings. The molecule has 1 saturated carbocycles. The zero-order valence-corrected chi connectivity index (χ0v) is 20.8. The molecule has 1 aliphatic carbocycles. The molecule has 1 aliphatic rings. The second kappa shape index (κ2) is 10.7. The molecule has 9 heteroatoms. The van der Waals surface area contributed by atoms with E-state index in [1.54, 1.807) is 12.1 Å². The number of hydrogen-bond donors (Lipinski definition) is 2. The first kappa shape index (κ1) is 25.7. The van der Waals surface area contributed by atoms with Crippen LogP contribution in [0.1, 0.15) is 58.9 Å². The average molecular weight is 502 g/mol. The van der Waals surface area contributed by atoms with E-state index in [-0.39, 0.29) is 23.6 Å². The van der Waals surface area contributed by atoms with Gasteiger partial charge in [-0.3, -0.25) is 4.79 Å². The van der Waals surface area contributed by atoms with Crippen LogP contribution in [-0.2, 0) is 4.79 Å². The number of aromatic nitrogens is 2. The van der Waals surface area contributed by atoms with Crippen LogP contribution in [0.25, 0.3) is 11.0 Å². The van der Waals surface area contributed by atoms with Crippen LogP contribution < -0.4 is 14.8 Å². The maximum Gasteiger partial charge on any atom is 0.387 e. The van der Waals surface area contributed by atoms with Gasteiger partial charge >= 0.3 is 12.6 Å². The van der Waals surface area contributed by atoms with Gasteiger partial charge in [-0.2, -0.15) is 8.78 Å². The lowest BCUT2D eigenvalue weighted by atomic mass is 9.70. The van der Waals surface area contributed by atoms with Crippen LogP contribution in [0, 0.1) is 11.3 Å². The van der Waals surface area contributed by atoms with Crippen molar-refractivity contribution in [1.82, 2.24) is 9.55 Å². The average Bonchev–Trinajstić information content (AvgIpc) is 3.13. The molecule has 2 aromatic carbocycles. The first-order valence-corrected chi connectivity index (χ1v) is 12.3. The number of imidazole rings is 1. The van der Waals surface area contributed by atoms with Crippen molar-refractivity contribution in [2.75, 3.05) is 11.9 Å². The molecule has 2 atom stereocenters. The Morgan fingerprint density at radius 1 is 1.19 bits per heavy atom. The van der Waals surface area contributed by atoms with Crippen molar-refractivity contribution in [1.29, 1.82) is 0 Å². The normalized spacial score (nSPS) is 19.4. The number of carboxylic acids is 1. The van der Waals surface area contributed by atoms with Gasteiger partial charge in [-0.1, -0.05) is 20.8 Å². The Morgan fingerprint density at radius 3 is 2.58 bits per heavy atom. The largest absolute Gasteiger partial charge is 0.494 e. The molecular weight excluding hydrogens is 468 g/mol. The number of alkyl halides is 2. The fraction of sp³-hybridized carbons (Fsp3) is 0.481. The van der Waals surface area contributed by atoms with E-state index >= 15 is 0 Å². The van der Waals surface area contributed by atoms with Gasteiger partial charge in [0, 0.05) is 24.2 Å². The number of rotatable bonds is 10. The fourth-order valence-corrected chi connectivity index (χ4v) is 5.38. The highest BCUT2D eigenvalue weighted by molar-refractivity contribution is 5.81. The number of carboxylic acid groups (broad SMARTS) is 1. The molecule has 7 nitrogen and oxygen atoms in total. The number of fused-ring (bicyclic) bond motifs is 1. The monoisotopic (exact) mass is 501 g/mol. The van der Waals surface area contributed by atoms with E-state index in [4.69, 9.17) is 14.8 Å². The summed E-state index contributed by atoms with van der Waals surface area (Å²) in [5.41, 5.74) is 2.64. The summed E-state index contributed by atoms with van der Waals surface area (Å²) < 4.78 is 37.5. The van der Waals surface area contributed by atoms with Crippen LogP contribution in [0.3, 0.4) is 0 Å². The Kier molecular flexibility index (Phi) is 7.66. The minimum absolute atomic E-state index is 0.0573. The summed E-state index contributed by atoms with van der Waals surface area (Å²) in [4.78, 5) is 15.6. The Morgan fingerprint density at radius 2 is 1.92 bits per heavy atom. The van der Waals surface area contributed by atoms with Crippen LogP contribution in [0.4, 0.5) is 20.4 Å². The predicted molar refractivity (Wildman–Crippen MR) is 134 cm³/mol. The quantitative estimate of drug-likeness (QED) is 0.291. The molecule has 4 rings (SSSR count). The minimum atomic E-state index is -2.87. The van der Waals surface area contributed by atoms with Gasteiger partial charge in [-0.05, 0) is 73.4 Å². The summed E-state index contributed by atoms with van der Waals surface area (Å²) in [5, 5.41) is 12.2. The highest BCUT2D eigenvalue weighted by Gasteiger charge is 2.34. The van der Waals surface area contributed by atoms with Crippen molar-refractivity contribution in [2.45, 2.75) is 65.5 Å². The summed E-state index contributed by atoms with van der Waals surface area (Å²) in [6, 6.07) is 12.4. The first-order chi connectivity index (χ1) is 17.1. The first-order valence-electron chi connectivity index (χ1n) is 12.3. The van der Waals surface area contributed by atoms with Gasteiger partial charge in [0.15, 0.2) is 0 Å². The second-order valence-corrected chi connectivity index (χ2v) is 10.4.